The first-order valence-electron chi connectivity index (χ1n) is 14.3. The highest BCUT2D eigenvalue weighted by Gasteiger charge is 2.68. The third-order valence-electron chi connectivity index (χ3n) is 11.3. The molecule has 4 saturated carbocycles. The van der Waals surface area contributed by atoms with E-state index in [1.54, 1.807) is 0 Å². The van der Waals surface area contributed by atoms with Crippen molar-refractivity contribution in [2.45, 2.75) is 105 Å². The minimum absolute atomic E-state index is 0.0160. The van der Waals surface area contributed by atoms with Crippen molar-refractivity contribution in [3.05, 3.63) is 0 Å². The van der Waals surface area contributed by atoms with Crippen LogP contribution in [0.1, 0.15) is 92.9 Å². The second kappa shape index (κ2) is 10.3. The van der Waals surface area contributed by atoms with Gasteiger partial charge in [0.1, 0.15) is 18.0 Å². The molecule has 0 aliphatic heterocycles. The summed E-state index contributed by atoms with van der Waals surface area (Å²) >= 11 is 0. The van der Waals surface area contributed by atoms with Crippen molar-refractivity contribution < 1.29 is 33.4 Å². The molecule has 0 heterocycles. The summed E-state index contributed by atoms with van der Waals surface area (Å²) in [5.41, 5.74) is -0.344. The topological polar surface area (TPSA) is 96.0 Å². The van der Waals surface area contributed by atoms with E-state index in [1.807, 2.05) is 6.92 Å². The van der Waals surface area contributed by atoms with Gasteiger partial charge in [-0.1, -0.05) is 27.7 Å². The Balaban J connectivity index is 1.74. The fourth-order valence-corrected chi connectivity index (χ4v) is 9.61. The highest BCUT2D eigenvalue weighted by molar-refractivity contribution is 5.82. The quantitative estimate of drug-likeness (QED) is 0.355. The van der Waals surface area contributed by atoms with E-state index in [0.717, 1.165) is 38.5 Å². The zero-order valence-electron chi connectivity index (χ0n) is 23.7. The third kappa shape index (κ3) is 4.85. The monoisotopic (exact) mass is 518 g/mol. The summed E-state index contributed by atoms with van der Waals surface area (Å²) in [5.74, 6) is 0.897. The normalized spacial score (nSPS) is 43.6. The number of rotatable bonds is 6. The van der Waals surface area contributed by atoms with Crippen molar-refractivity contribution in [3.8, 4) is 0 Å². The van der Waals surface area contributed by atoms with Gasteiger partial charge in [-0.15, -0.1) is 0 Å². The summed E-state index contributed by atoms with van der Waals surface area (Å²) in [6, 6.07) is 0. The maximum Gasteiger partial charge on any atom is 0.305 e. The molecule has 0 bridgehead atoms. The van der Waals surface area contributed by atoms with E-state index in [1.165, 1.54) is 21.0 Å². The average Bonchev–Trinajstić information content (AvgIpc) is 3.17. The molecule has 7 heteroatoms. The summed E-state index contributed by atoms with van der Waals surface area (Å²) in [7, 11) is 1.42. The first-order valence-corrected chi connectivity index (χ1v) is 14.3. The smallest absolute Gasteiger partial charge is 0.305 e. The van der Waals surface area contributed by atoms with Crippen LogP contribution in [0.2, 0.25) is 0 Å². The Hall–Kier alpha value is -1.92. The molecule has 4 aliphatic carbocycles. The molecular weight excluding hydrogens is 472 g/mol. The zero-order valence-corrected chi connectivity index (χ0v) is 23.7. The average molecular weight is 519 g/mol. The Morgan fingerprint density at radius 3 is 2.32 bits per heavy atom. The second-order valence-corrected chi connectivity index (χ2v) is 13.1. The standard InChI is InChI=1S/C30H46O7/c1-16(8-11-27(34)35-7)21-9-10-22-28-23(14-26(30(21,22)6)37-19(4)32)29(5)15-17(2)24(33)12-20(29)13-25(28)36-18(3)31/h16-17,20-23,25-26,28H,8-15H2,1-7H3/t16-,17-,20+,21?,22+,23+,25-,26+,28+,29+,30-/m1/s1. The SMILES string of the molecule is COC(=O)CC[C@@H](C)C1CC[C@H]2[C@@H]3[C@H](OC(C)=O)C[C@@H]4CC(=O)[C@H](C)C[C@]4(C)[C@H]3C[C@H](OC(C)=O)[C@]12C. The number of hydrogen-bond donors (Lipinski definition) is 0. The van der Waals surface area contributed by atoms with Crippen LogP contribution in [0.5, 0.6) is 0 Å². The van der Waals surface area contributed by atoms with Gasteiger partial charge in [-0.05, 0) is 73.5 Å². The molecule has 0 spiro atoms. The van der Waals surface area contributed by atoms with Crippen molar-refractivity contribution in [3.63, 3.8) is 0 Å². The Morgan fingerprint density at radius 2 is 1.70 bits per heavy atom. The van der Waals surface area contributed by atoms with Gasteiger partial charge in [0.05, 0.1) is 7.11 Å². The van der Waals surface area contributed by atoms with E-state index in [9.17, 15) is 19.2 Å². The second-order valence-electron chi connectivity index (χ2n) is 13.1. The van der Waals surface area contributed by atoms with Crippen LogP contribution in [-0.4, -0.2) is 43.0 Å². The van der Waals surface area contributed by atoms with Gasteiger partial charge in [-0.3, -0.25) is 19.2 Å². The number of carbonyl (C=O) groups excluding carboxylic acids is 4. The van der Waals surface area contributed by atoms with E-state index in [-0.39, 0.29) is 82.4 Å². The van der Waals surface area contributed by atoms with Crippen molar-refractivity contribution >= 4 is 23.7 Å². The Labute approximate surface area is 221 Å². The lowest BCUT2D eigenvalue weighted by Gasteiger charge is -2.64. The molecule has 0 aromatic rings. The molecule has 4 rings (SSSR count). The molecule has 4 fully saturated rings. The number of ether oxygens (including phenoxy) is 3. The Morgan fingerprint density at radius 1 is 1.03 bits per heavy atom. The Kier molecular flexibility index (Phi) is 7.85. The predicted molar refractivity (Wildman–Crippen MR) is 137 cm³/mol. The summed E-state index contributed by atoms with van der Waals surface area (Å²) < 4.78 is 17.1. The number of methoxy groups -OCH3 is 1. The minimum atomic E-state index is -0.278. The van der Waals surface area contributed by atoms with Crippen LogP contribution in [-0.2, 0) is 33.4 Å². The van der Waals surface area contributed by atoms with Crippen LogP contribution in [0, 0.1) is 52.3 Å². The van der Waals surface area contributed by atoms with Crippen molar-refractivity contribution in [2.75, 3.05) is 7.11 Å². The fourth-order valence-electron chi connectivity index (χ4n) is 9.61. The van der Waals surface area contributed by atoms with E-state index < -0.39 is 0 Å². The van der Waals surface area contributed by atoms with Crippen LogP contribution >= 0.6 is 0 Å². The Bertz CT molecular complexity index is 929. The fraction of sp³-hybridized carbons (Fsp3) is 0.867. The van der Waals surface area contributed by atoms with E-state index >= 15 is 0 Å². The van der Waals surface area contributed by atoms with Crippen molar-refractivity contribution in [1.82, 2.24) is 0 Å². The van der Waals surface area contributed by atoms with Gasteiger partial charge in [0.25, 0.3) is 0 Å². The number of ketones is 1. The molecule has 11 atom stereocenters. The molecule has 1 unspecified atom stereocenters. The number of carbonyl (C=O) groups is 4. The van der Waals surface area contributed by atoms with E-state index in [4.69, 9.17) is 14.2 Å². The largest absolute Gasteiger partial charge is 0.469 e. The third-order valence-corrected chi connectivity index (χ3v) is 11.3. The van der Waals surface area contributed by atoms with Gasteiger partial charge in [-0.2, -0.15) is 0 Å². The van der Waals surface area contributed by atoms with E-state index in [0.29, 0.717) is 18.6 Å². The van der Waals surface area contributed by atoms with Crippen LogP contribution < -0.4 is 0 Å². The number of esters is 3. The van der Waals surface area contributed by atoms with Gasteiger partial charge >= 0.3 is 17.9 Å². The van der Waals surface area contributed by atoms with Crippen LogP contribution in [0.3, 0.4) is 0 Å². The molecule has 0 amide bonds. The molecule has 37 heavy (non-hydrogen) atoms. The summed E-state index contributed by atoms with van der Waals surface area (Å²) in [6.07, 6.45) is 5.42. The molecule has 0 aromatic carbocycles. The molecule has 0 radical (unpaired) electrons. The van der Waals surface area contributed by atoms with Gasteiger partial charge in [0, 0.05) is 43.9 Å². The lowest BCUT2D eigenvalue weighted by Crippen LogP contribution is -2.63. The maximum absolute atomic E-state index is 12.8. The first-order chi connectivity index (χ1) is 17.3. The number of hydrogen-bond acceptors (Lipinski definition) is 7. The first kappa shape index (κ1) is 28.1. The lowest BCUT2D eigenvalue weighted by atomic mass is 9.42. The van der Waals surface area contributed by atoms with Crippen LogP contribution in [0.4, 0.5) is 0 Å². The molecule has 7 nitrogen and oxygen atoms in total. The number of fused-ring (bicyclic) bond motifs is 5. The van der Waals surface area contributed by atoms with Gasteiger partial charge in [0.2, 0.25) is 0 Å². The molecule has 4 aliphatic rings. The van der Waals surface area contributed by atoms with Crippen LogP contribution in [0.15, 0.2) is 0 Å². The van der Waals surface area contributed by atoms with E-state index in [2.05, 4.69) is 20.8 Å². The number of Topliss-reactive ketones (excluding diaryl/α,β-unsaturated/α-hetero) is 1. The highest BCUT2D eigenvalue weighted by atomic mass is 16.5. The minimum Gasteiger partial charge on any atom is -0.469 e. The summed E-state index contributed by atoms with van der Waals surface area (Å²) in [5, 5.41) is 0. The summed E-state index contributed by atoms with van der Waals surface area (Å²) in [4.78, 5) is 49.3. The lowest BCUT2D eigenvalue weighted by molar-refractivity contribution is -0.221. The van der Waals surface area contributed by atoms with Crippen molar-refractivity contribution in [1.29, 1.82) is 0 Å². The van der Waals surface area contributed by atoms with Gasteiger partial charge in [0.15, 0.2) is 0 Å². The molecular formula is C30H46O7. The zero-order chi connectivity index (χ0) is 27.3. The maximum atomic E-state index is 12.8. The highest BCUT2D eigenvalue weighted by Crippen LogP contribution is 2.69. The van der Waals surface area contributed by atoms with Crippen LogP contribution in [0.25, 0.3) is 0 Å². The van der Waals surface area contributed by atoms with Gasteiger partial charge < -0.3 is 14.2 Å². The van der Waals surface area contributed by atoms with Gasteiger partial charge in [-0.25, -0.2) is 0 Å². The summed E-state index contributed by atoms with van der Waals surface area (Å²) in [6.45, 7) is 11.8. The molecule has 208 valence electrons. The predicted octanol–water partition coefficient (Wildman–Crippen LogP) is 5.13. The molecule has 0 saturated heterocycles. The molecule has 0 N–H and O–H groups in total. The van der Waals surface area contributed by atoms with Crippen molar-refractivity contribution in [2.24, 2.45) is 52.3 Å². The molecule has 0 aromatic heterocycles.